The SMILES string of the molecule is CC/C=C\C/C=C\C/C=C\C/C=C\C/C=C\C/C=C\C/C=C\C/C=C\C/C=C\CCCCCCCCCCCC(=O)NC(COP(=O)([O-])OCC[N+](C)(C)C)C(O)/C=C/CC/C=C/CCCCCCCCCCCC. The number of hydrogen-bond donors (Lipinski definition) is 2. The molecular formula is C66H113N2O6P. The average molecular weight is 1060 g/mol. The van der Waals surface area contributed by atoms with Gasteiger partial charge in [-0.3, -0.25) is 9.36 Å². The fourth-order valence-corrected chi connectivity index (χ4v) is 8.65. The van der Waals surface area contributed by atoms with E-state index in [9.17, 15) is 19.4 Å². The van der Waals surface area contributed by atoms with Crippen LogP contribution in [0.15, 0.2) is 134 Å². The normalized spacial score (nSPS) is 14.8. The molecule has 1 amide bonds. The highest BCUT2D eigenvalue weighted by atomic mass is 31.2. The molecule has 0 spiro atoms. The zero-order chi connectivity index (χ0) is 54.9. The van der Waals surface area contributed by atoms with Crippen LogP contribution >= 0.6 is 7.82 Å². The second-order valence-corrected chi connectivity index (χ2v) is 22.4. The Bertz CT molecular complexity index is 1680. The molecule has 0 saturated carbocycles. The molecule has 0 rings (SSSR count). The molecule has 8 nitrogen and oxygen atoms in total. The maximum absolute atomic E-state index is 13.0. The Morgan fingerprint density at radius 3 is 1.24 bits per heavy atom. The van der Waals surface area contributed by atoms with Gasteiger partial charge < -0.3 is 28.8 Å². The summed E-state index contributed by atoms with van der Waals surface area (Å²) in [4.78, 5) is 25.5. The summed E-state index contributed by atoms with van der Waals surface area (Å²) in [6, 6.07) is -0.916. The van der Waals surface area contributed by atoms with Gasteiger partial charge in [0.05, 0.1) is 39.9 Å². The molecule has 0 bridgehead atoms. The number of unbranched alkanes of at least 4 members (excludes halogenated alkanes) is 20. The van der Waals surface area contributed by atoms with E-state index in [0.29, 0.717) is 17.4 Å². The molecule has 428 valence electrons. The van der Waals surface area contributed by atoms with Crippen molar-refractivity contribution in [2.24, 2.45) is 0 Å². The Balaban J connectivity index is 4.19. The van der Waals surface area contributed by atoms with Crippen LogP contribution in [0, 0.1) is 0 Å². The molecule has 0 fully saturated rings. The number of carbonyl (C=O) groups excluding carboxylic acids is 1. The number of aliphatic hydroxyl groups is 1. The quantitative estimate of drug-likeness (QED) is 0.0272. The van der Waals surface area contributed by atoms with Gasteiger partial charge in [0, 0.05) is 6.42 Å². The topological polar surface area (TPSA) is 108 Å². The molecule has 0 aromatic rings. The fraction of sp³-hybridized carbons (Fsp3) is 0.652. The molecule has 0 radical (unpaired) electrons. The van der Waals surface area contributed by atoms with Crippen molar-refractivity contribution in [2.45, 2.75) is 238 Å². The first kappa shape index (κ1) is 71.6. The van der Waals surface area contributed by atoms with Crippen molar-refractivity contribution >= 4 is 13.7 Å². The molecule has 75 heavy (non-hydrogen) atoms. The summed E-state index contributed by atoms with van der Waals surface area (Å²) < 4.78 is 23.3. The fourth-order valence-electron chi connectivity index (χ4n) is 7.93. The summed E-state index contributed by atoms with van der Waals surface area (Å²) in [6.07, 6.45) is 83.9. The molecule has 2 N–H and O–H groups in total. The van der Waals surface area contributed by atoms with Crippen molar-refractivity contribution in [2.75, 3.05) is 40.9 Å². The largest absolute Gasteiger partial charge is 0.756 e. The number of phosphoric ester groups is 1. The Morgan fingerprint density at radius 2 is 0.827 bits per heavy atom. The molecule has 0 aliphatic heterocycles. The number of likely N-dealkylation sites (N-methyl/N-ethyl adjacent to an activating group) is 1. The molecule has 0 aromatic carbocycles. The summed E-state index contributed by atoms with van der Waals surface area (Å²) in [6.45, 7) is 4.49. The number of hydrogen-bond acceptors (Lipinski definition) is 6. The van der Waals surface area contributed by atoms with Gasteiger partial charge in [0.2, 0.25) is 5.91 Å². The van der Waals surface area contributed by atoms with Crippen LogP contribution in [0.5, 0.6) is 0 Å². The van der Waals surface area contributed by atoms with Crippen LogP contribution in [0.2, 0.25) is 0 Å². The van der Waals surface area contributed by atoms with Crippen molar-refractivity contribution in [1.29, 1.82) is 0 Å². The van der Waals surface area contributed by atoms with Gasteiger partial charge in [-0.1, -0.05) is 250 Å². The van der Waals surface area contributed by atoms with E-state index in [-0.39, 0.29) is 12.5 Å². The first-order valence-electron chi connectivity index (χ1n) is 30.0. The van der Waals surface area contributed by atoms with E-state index in [1.165, 1.54) is 96.3 Å². The lowest BCUT2D eigenvalue weighted by molar-refractivity contribution is -0.870. The lowest BCUT2D eigenvalue weighted by Gasteiger charge is -2.29. The van der Waals surface area contributed by atoms with Gasteiger partial charge in [-0.2, -0.15) is 0 Å². The summed E-state index contributed by atoms with van der Waals surface area (Å²) in [5.41, 5.74) is 0. The van der Waals surface area contributed by atoms with E-state index in [0.717, 1.165) is 109 Å². The van der Waals surface area contributed by atoms with E-state index >= 15 is 0 Å². The maximum atomic E-state index is 13.0. The van der Waals surface area contributed by atoms with Crippen LogP contribution in [0.3, 0.4) is 0 Å². The van der Waals surface area contributed by atoms with E-state index in [1.54, 1.807) is 6.08 Å². The Labute approximate surface area is 462 Å². The number of nitrogens with one attached hydrogen (secondary N) is 1. The van der Waals surface area contributed by atoms with Crippen LogP contribution in [-0.2, 0) is 18.4 Å². The zero-order valence-corrected chi connectivity index (χ0v) is 49.6. The smallest absolute Gasteiger partial charge is 0.268 e. The second kappa shape index (κ2) is 55.4. The summed E-state index contributed by atoms with van der Waals surface area (Å²) in [5.74, 6) is -0.219. The molecule has 3 unspecified atom stereocenters. The molecule has 9 heteroatoms. The number of phosphoric acid groups is 1. The van der Waals surface area contributed by atoms with Gasteiger partial charge in [0.1, 0.15) is 13.2 Å². The van der Waals surface area contributed by atoms with Gasteiger partial charge in [-0.05, 0) is 103 Å². The minimum Gasteiger partial charge on any atom is -0.756 e. The number of nitrogens with zero attached hydrogens (tertiary/aromatic N) is 1. The predicted octanol–water partition coefficient (Wildman–Crippen LogP) is 18.1. The minimum absolute atomic E-state index is 0.0140. The highest BCUT2D eigenvalue weighted by Gasteiger charge is 2.23. The molecule has 0 saturated heterocycles. The Hall–Kier alpha value is -3.36. The monoisotopic (exact) mass is 1060 g/mol. The van der Waals surface area contributed by atoms with Gasteiger partial charge in [0.25, 0.3) is 7.82 Å². The van der Waals surface area contributed by atoms with Crippen molar-refractivity contribution in [3.63, 3.8) is 0 Å². The van der Waals surface area contributed by atoms with Gasteiger partial charge in [-0.15, -0.1) is 0 Å². The first-order valence-corrected chi connectivity index (χ1v) is 31.5. The Morgan fingerprint density at radius 1 is 0.480 bits per heavy atom. The van der Waals surface area contributed by atoms with Crippen LogP contribution in [-0.4, -0.2) is 68.5 Å². The summed E-state index contributed by atoms with van der Waals surface area (Å²) in [7, 11) is 1.22. The van der Waals surface area contributed by atoms with Crippen LogP contribution in [0.4, 0.5) is 0 Å². The summed E-state index contributed by atoms with van der Waals surface area (Å²) in [5, 5.41) is 13.8. The van der Waals surface area contributed by atoms with Gasteiger partial charge in [0.15, 0.2) is 0 Å². The molecule has 3 atom stereocenters. The lowest BCUT2D eigenvalue weighted by Crippen LogP contribution is -2.45. The van der Waals surface area contributed by atoms with Crippen LogP contribution < -0.4 is 10.2 Å². The van der Waals surface area contributed by atoms with E-state index in [1.807, 2.05) is 27.2 Å². The van der Waals surface area contributed by atoms with Crippen LogP contribution in [0.1, 0.15) is 226 Å². The van der Waals surface area contributed by atoms with Gasteiger partial charge in [-0.25, -0.2) is 0 Å². The minimum atomic E-state index is -4.61. The van der Waals surface area contributed by atoms with Crippen molar-refractivity contribution in [3.8, 4) is 0 Å². The predicted molar refractivity (Wildman–Crippen MR) is 325 cm³/mol. The van der Waals surface area contributed by atoms with Crippen LogP contribution in [0.25, 0.3) is 0 Å². The molecule has 0 aromatic heterocycles. The average Bonchev–Trinajstić information content (AvgIpc) is 3.37. The van der Waals surface area contributed by atoms with Crippen molar-refractivity contribution in [1.82, 2.24) is 5.32 Å². The third-order valence-corrected chi connectivity index (χ3v) is 13.6. The molecule has 0 aliphatic carbocycles. The highest BCUT2D eigenvalue weighted by Crippen LogP contribution is 2.38. The summed E-state index contributed by atoms with van der Waals surface area (Å²) >= 11 is 0. The molecular weight excluding hydrogens is 948 g/mol. The van der Waals surface area contributed by atoms with Crippen molar-refractivity contribution in [3.05, 3.63) is 134 Å². The van der Waals surface area contributed by atoms with E-state index < -0.39 is 26.6 Å². The zero-order valence-electron chi connectivity index (χ0n) is 48.7. The highest BCUT2D eigenvalue weighted by molar-refractivity contribution is 7.45. The van der Waals surface area contributed by atoms with E-state index in [4.69, 9.17) is 9.05 Å². The first-order chi connectivity index (χ1) is 36.5. The van der Waals surface area contributed by atoms with E-state index in [2.05, 4.69) is 141 Å². The number of allylic oxidation sites excluding steroid dienone is 21. The third-order valence-electron chi connectivity index (χ3n) is 12.6. The molecule has 0 aliphatic rings. The number of quaternary nitrogens is 1. The number of amides is 1. The van der Waals surface area contributed by atoms with Gasteiger partial charge >= 0.3 is 0 Å². The third kappa shape index (κ3) is 58.2. The molecule has 0 heterocycles. The Kier molecular flexibility index (Phi) is 52.9. The lowest BCUT2D eigenvalue weighted by atomic mass is 10.1. The standard InChI is InChI=1S/C66H113N2O6P/c1-6-8-10-12-14-16-18-20-22-24-25-26-27-28-29-30-31-32-33-34-35-36-37-38-39-40-41-42-43-44-46-48-50-52-54-56-58-60-66(70)67-64(63-74-75(71,72)73-62-61-68(3,4)5)65(69)59-57-55-53-51-49-47-45-23-21-19-17-15-13-11-9-7-2/h8,10,14,16,20,22,25-26,28-29,31-32,34-35,37-38,40-41,49,51,57,59,64-65,69H,6-7,9,11-13,15,17-19,21,23-24,27,30,33,36,39,42-48,50,52-56,58,60-63H2,1-5H3,(H-,67,70,71,72)/b10-8-,16-14-,22-20-,26-25-,29-28-,32-31-,35-34-,38-37-,41-40-,51-49+,59-57+. The number of rotatable bonds is 53. The second-order valence-electron chi connectivity index (χ2n) is 21.0. The number of aliphatic hydroxyl groups excluding tert-OH is 1. The van der Waals surface area contributed by atoms with Crippen molar-refractivity contribution < 1.29 is 32.9 Å². The maximum Gasteiger partial charge on any atom is 0.268 e. The number of carbonyl (C=O) groups is 1.